The second-order valence-electron chi connectivity index (χ2n) is 6.35. The highest BCUT2D eigenvalue weighted by atomic mass is 35.5. The Balaban J connectivity index is 1.66. The van der Waals surface area contributed by atoms with Gasteiger partial charge in [0.2, 0.25) is 11.8 Å². The average molecular weight is 423 g/mol. The van der Waals surface area contributed by atoms with Gasteiger partial charge in [-0.25, -0.2) is 0 Å². The van der Waals surface area contributed by atoms with Crippen molar-refractivity contribution in [2.24, 2.45) is 0 Å². The lowest BCUT2D eigenvalue weighted by Crippen LogP contribution is -2.42. The minimum Gasteiger partial charge on any atom is -0.332 e. The molecule has 0 radical (unpaired) electrons. The molecule has 1 N–H and O–H groups in total. The van der Waals surface area contributed by atoms with E-state index >= 15 is 0 Å². The van der Waals surface area contributed by atoms with E-state index in [1.807, 2.05) is 31.2 Å². The molecule has 7 heteroatoms. The molecule has 1 aliphatic heterocycles. The Kier molecular flexibility index (Phi) is 6.68. The van der Waals surface area contributed by atoms with Crippen LogP contribution in [0.25, 0.3) is 0 Å². The van der Waals surface area contributed by atoms with Gasteiger partial charge in [0.25, 0.3) is 0 Å². The van der Waals surface area contributed by atoms with Crippen molar-refractivity contribution >= 4 is 52.5 Å². The summed E-state index contributed by atoms with van der Waals surface area (Å²) in [5, 5.41) is 3.45. The molecule has 2 aromatic carbocycles. The van der Waals surface area contributed by atoms with Crippen LogP contribution in [0.15, 0.2) is 47.4 Å². The molecular formula is C20H20Cl2N2O2S. The fourth-order valence-electron chi connectivity index (χ4n) is 3.02. The Hall–Kier alpha value is -1.69. The number of hydrogen-bond donors (Lipinski definition) is 1. The number of fused-ring (bicyclic) bond motifs is 1. The van der Waals surface area contributed by atoms with Gasteiger partial charge in [-0.2, -0.15) is 0 Å². The Labute approximate surface area is 173 Å². The first-order chi connectivity index (χ1) is 13.0. The first-order valence-corrected chi connectivity index (χ1v) is 10.4. The van der Waals surface area contributed by atoms with Crippen LogP contribution in [0, 0.1) is 0 Å². The van der Waals surface area contributed by atoms with Gasteiger partial charge in [0.1, 0.15) is 0 Å². The molecule has 0 spiro atoms. The third kappa shape index (κ3) is 4.98. The summed E-state index contributed by atoms with van der Waals surface area (Å²) < 4.78 is 0. The molecule has 1 atom stereocenters. The number of benzene rings is 2. The zero-order chi connectivity index (χ0) is 19.4. The average Bonchev–Trinajstić information content (AvgIpc) is 3.08. The fraction of sp³-hybridized carbons (Fsp3) is 0.300. The largest absolute Gasteiger partial charge is 0.332 e. The third-order valence-corrected chi connectivity index (χ3v) is 6.13. The molecule has 0 aliphatic carbocycles. The van der Waals surface area contributed by atoms with Gasteiger partial charge in [0.15, 0.2) is 0 Å². The van der Waals surface area contributed by atoms with E-state index in [9.17, 15) is 9.59 Å². The maximum Gasteiger partial charge on any atom is 0.244 e. The van der Waals surface area contributed by atoms with Crippen molar-refractivity contribution < 1.29 is 9.59 Å². The molecule has 0 saturated heterocycles. The first kappa shape index (κ1) is 20.1. The molecule has 3 rings (SSSR count). The normalized spacial score (nSPS) is 15.3. The molecular weight excluding hydrogens is 403 g/mol. The fourth-order valence-corrected chi connectivity index (χ4v) is 4.63. The number of nitrogens with one attached hydrogen (secondary N) is 1. The molecule has 1 heterocycles. The zero-order valence-corrected chi connectivity index (χ0v) is 17.2. The Morgan fingerprint density at radius 1 is 1.22 bits per heavy atom. The van der Waals surface area contributed by atoms with Gasteiger partial charge in [0, 0.05) is 16.5 Å². The molecule has 0 bridgehead atoms. The van der Waals surface area contributed by atoms with Crippen molar-refractivity contribution in [3.8, 4) is 0 Å². The van der Waals surface area contributed by atoms with Gasteiger partial charge in [-0.15, -0.1) is 11.8 Å². The highest BCUT2D eigenvalue weighted by molar-refractivity contribution is 8.01. The van der Waals surface area contributed by atoms with E-state index in [1.165, 1.54) is 5.56 Å². The van der Waals surface area contributed by atoms with Gasteiger partial charge in [-0.05, 0) is 42.7 Å². The number of nitrogens with zero attached hydrogens (tertiary/aromatic N) is 1. The molecule has 4 nitrogen and oxygen atoms in total. The van der Waals surface area contributed by atoms with Crippen LogP contribution in [0.3, 0.4) is 0 Å². The number of amides is 2. The molecule has 0 unspecified atom stereocenters. The van der Waals surface area contributed by atoms with Crippen LogP contribution in [-0.2, 0) is 16.0 Å². The molecule has 2 amide bonds. The lowest BCUT2D eigenvalue weighted by atomic mass is 10.1. The summed E-state index contributed by atoms with van der Waals surface area (Å²) in [4.78, 5) is 28.2. The number of hydrogen-bond acceptors (Lipinski definition) is 3. The second-order valence-corrected chi connectivity index (χ2v) is 8.44. The number of thioether (sulfide) groups is 1. The van der Waals surface area contributed by atoms with Gasteiger partial charge < -0.3 is 10.2 Å². The van der Waals surface area contributed by atoms with Gasteiger partial charge >= 0.3 is 0 Å². The number of halogens is 2. The Morgan fingerprint density at radius 2 is 2.00 bits per heavy atom. The van der Waals surface area contributed by atoms with Gasteiger partial charge in [-0.1, -0.05) is 48.3 Å². The summed E-state index contributed by atoms with van der Waals surface area (Å²) in [5.74, 6) is -0.299. The highest BCUT2D eigenvalue weighted by Crippen LogP contribution is 2.37. The molecule has 1 aliphatic rings. The lowest BCUT2D eigenvalue weighted by molar-refractivity contribution is -0.134. The quantitative estimate of drug-likeness (QED) is 0.720. The van der Waals surface area contributed by atoms with Gasteiger partial charge in [-0.3, -0.25) is 9.59 Å². The summed E-state index contributed by atoms with van der Waals surface area (Å²) in [7, 11) is 0. The number of carbonyl (C=O) groups is 2. The number of anilines is 1. The predicted molar refractivity (Wildman–Crippen MR) is 112 cm³/mol. The molecule has 0 fully saturated rings. The van der Waals surface area contributed by atoms with E-state index in [1.54, 1.807) is 34.9 Å². The maximum atomic E-state index is 13.0. The van der Waals surface area contributed by atoms with Crippen molar-refractivity contribution in [2.45, 2.75) is 29.9 Å². The summed E-state index contributed by atoms with van der Waals surface area (Å²) in [6.07, 6.45) is 1.48. The highest BCUT2D eigenvalue weighted by Gasteiger charge is 2.31. The van der Waals surface area contributed by atoms with Crippen LogP contribution < -0.4 is 5.32 Å². The van der Waals surface area contributed by atoms with Crippen molar-refractivity contribution in [1.29, 1.82) is 0 Å². The molecule has 2 aromatic rings. The standard InChI is InChI=1S/C20H20Cl2N2O2S/c1-2-9-24(12-19(25)23-16-11-14(21)7-8-15(16)22)20(26)18-10-13-5-3-4-6-17(13)27-18/h3-8,11,18H,2,9-10,12H2,1H3,(H,23,25)/t18-/m1/s1. The van der Waals surface area contributed by atoms with Crippen LogP contribution in [-0.4, -0.2) is 35.1 Å². The lowest BCUT2D eigenvalue weighted by Gasteiger charge is -2.24. The van der Waals surface area contributed by atoms with Crippen molar-refractivity contribution in [1.82, 2.24) is 4.90 Å². The van der Waals surface area contributed by atoms with E-state index in [0.29, 0.717) is 28.7 Å². The SMILES string of the molecule is CCCN(CC(=O)Nc1cc(Cl)ccc1Cl)C(=O)[C@H]1Cc2ccccc2S1. The van der Waals surface area contributed by atoms with Crippen molar-refractivity contribution in [3.63, 3.8) is 0 Å². The van der Waals surface area contributed by atoms with Crippen LogP contribution in [0.2, 0.25) is 10.0 Å². The molecule has 142 valence electrons. The van der Waals surface area contributed by atoms with E-state index in [4.69, 9.17) is 23.2 Å². The van der Waals surface area contributed by atoms with Crippen LogP contribution in [0.1, 0.15) is 18.9 Å². The monoisotopic (exact) mass is 422 g/mol. The minimum absolute atomic E-state index is 0.00890. The predicted octanol–water partition coefficient (Wildman–Crippen LogP) is 4.89. The van der Waals surface area contributed by atoms with Crippen LogP contribution >= 0.6 is 35.0 Å². The van der Waals surface area contributed by atoms with E-state index in [2.05, 4.69) is 5.32 Å². The van der Waals surface area contributed by atoms with Crippen molar-refractivity contribution in [3.05, 3.63) is 58.1 Å². The number of rotatable bonds is 6. The molecule has 0 aromatic heterocycles. The second kappa shape index (κ2) is 9.00. The number of carbonyl (C=O) groups excluding carboxylic acids is 2. The van der Waals surface area contributed by atoms with Gasteiger partial charge in [0.05, 0.1) is 22.5 Å². The molecule has 0 saturated carbocycles. The zero-order valence-electron chi connectivity index (χ0n) is 14.9. The third-order valence-electron chi connectivity index (χ3n) is 4.26. The summed E-state index contributed by atoms with van der Waals surface area (Å²) >= 11 is 13.6. The maximum absolute atomic E-state index is 13.0. The topological polar surface area (TPSA) is 49.4 Å². The molecule has 27 heavy (non-hydrogen) atoms. The smallest absolute Gasteiger partial charge is 0.244 e. The minimum atomic E-state index is -0.290. The van der Waals surface area contributed by atoms with E-state index in [-0.39, 0.29) is 23.6 Å². The first-order valence-electron chi connectivity index (χ1n) is 8.76. The Bertz CT molecular complexity index is 835. The summed E-state index contributed by atoms with van der Waals surface area (Å²) in [6.45, 7) is 2.51. The summed E-state index contributed by atoms with van der Waals surface area (Å²) in [5.41, 5.74) is 1.63. The van der Waals surface area contributed by atoms with Crippen LogP contribution in [0.4, 0.5) is 5.69 Å². The van der Waals surface area contributed by atoms with E-state index in [0.717, 1.165) is 11.3 Å². The van der Waals surface area contributed by atoms with E-state index < -0.39 is 0 Å². The van der Waals surface area contributed by atoms with Crippen LogP contribution in [0.5, 0.6) is 0 Å². The Morgan fingerprint density at radius 3 is 2.74 bits per heavy atom. The van der Waals surface area contributed by atoms with Crippen molar-refractivity contribution in [2.75, 3.05) is 18.4 Å². The summed E-state index contributed by atoms with van der Waals surface area (Å²) in [6, 6.07) is 12.9.